The van der Waals surface area contributed by atoms with Gasteiger partial charge >= 0.3 is 0 Å². The molecule has 0 aliphatic heterocycles. The Balaban J connectivity index is 1.98. The van der Waals surface area contributed by atoms with Crippen molar-refractivity contribution in [3.8, 4) is 0 Å². The minimum atomic E-state index is -0.351. The summed E-state index contributed by atoms with van der Waals surface area (Å²) in [4.78, 5) is 33.2. The second-order valence-corrected chi connectivity index (χ2v) is 5.67. The summed E-state index contributed by atoms with van der Waals surface area (Å²) in [5.74, 6) is -0.624. The van der Waals surface area contributed by atoms with Gasteiger partial charge in [-0.25, -0.2) is 4.98 Å². The first-order valence-corrected chi connectivity index (χ1v) is 7.34. The molecule has 2 rings (SSSR count). The fourth-order valence-corrected chi connectivity index (χ4v) is 2.32. The number of aryl methyl sites for hydroxylation is 1. The topological polar surface area (TPSA) is 75.2 Å². The van der Waals surface area contributed by atoms with Crippen LogP contribution < -0.4 is 5.32 Å². The number of halogens is 1. The van der Waals surface area contributed by atoms with E-state index in [0.29, 0.717) is 5.69 Å². The molecule has 114 valence electrons. The molecule has 0 saturated heterocycles. The Hall–Kier alpha value is -2.28. The van der Waals surface area contributed by atoms with Gasteiger partial charge in [-0.3, -0.25) is 14.6 Å². The van der Waals surface area contributed by atoms with Crippen molar-refractivity contribution in [3.05, 3.63) is 52.5 Å². The normalized spacial score (nSPS) is 10.1. The van der Waals surface area contributed by atoms with E-state index in [-0.39, 0.29) is 24.1 Å². The molecule has 2 amide bonds. The van der Waals surface area contributed by atoms with Crippen LogP contribution in [-0.2, 0) is 4.79 Å². The number of nitrogens with zero attached hydrogens (tertiary/aromatic N) is 3. The molecule has 1 aromatic carbocycles. The van der Waals surface area contributed by atoms with Gasteiger partial charge in [0.1, 0.15) is 5.69 Å². The molecule has 22 heavy (non-hydrogen) atoms. The Morgan fingerprint density at radius 1 is 1.32 bits per heavy atom. The molecule has 0 spiro atoms. The van der Waals surface area contributed by atoms with Gasteiger partial charge in [0.15, 0.2) is 0 Å². The zero-order valence-corrected chi connectivity index (χ0v) is 13.8. The molecule has 0 aliphatic carbocycles. The Morgan fingerprint density at radius 3 is 2.73 bits per heavy atom. The number of aromatic nitrogens is 2. The van der Waals surface area contributed by atoms with E-state index in [4.69, 9.17) is 0 Å². The number of amides is 2. The van der Waals surface area contributed by atoms with Crippen LogP contribution in [0.1, 0.15) is 16.1 Å². The van der Waals surface area contributed by atoms with Crippen molar-refractivity contribution in [2.45, 2.75) is 6.92 Å². The second-order valence-electron chi connectivity index (χ2n) is 4.76. The first-order chi connectivity index (χ1) is 10.5. The molecular weight excluding hydrogens is 348 g/mol. The van der Waals surface area contributed by atoms with Crippen LogP contribution in [0.15, 0.2) is 41.3 Å². The summed E-state index contributed by atoms with van der Waals surface area (Å²) >= 11 is 3.37. The number of hydrogen-bond acceptors (Lipinski definition) is 4. The molecule has 2 aromatic rings. The molecule has 0 unspecified atom stereocenters. The molecular formula is C15H15BrN4O2. The molecule has 1 heterocycles. The van der Waals surface area contributed by atoms with E-state index < -0.39 is 0 Å². The zero-order valence-electron chi connectivity index (χ0n) is 12.2. The number of likely N-dealkylation sites (N-methyl/N-ethyl adjacent to an activating group) is 1. The zero-order chi connectivity index (χ0) is 16.1. The number of carbonyl (C=O) groups excluding carboxylic acids is 2. The number of nitrogens with one attached hydrogen (secondary N) is 1. The smallest absolute Gasteiger partial charge is 0.274 e. The van der Waals surface area contributed by atoms with Crippen molar-refractivity contribution < 1.29 is 9.59 Å². The van der Waals surface area contributed by atoms with E-state index in [1.165, 1.54) is 23.5 Å². The van der Waals surface area contributed by atoms with Gasteiger partial charge in [0, 0.05) is 29.6 Å². The molecule has 0 saturated carbocycles. The fourth-order valence-electron chi connectivity index (χ4n) is 1.85. The molecule has 1 aromatic heterocycles. The molecule has 0 atom stereocenters. The first-order valence-electron chi connectivity index (χ1n) is 6.55. The van der Waals surface area contributed by atoms with Gasteiger partial charge in [-0.15, -0.1) is 0 Å². The largest absolute Gasteiger partial charge is 0.331 e. The summed E-state index contributed by atoms with van der Waals surface area (Å²) < 4.78 is 0.943. The summed E-state index contributed by atoms with van der Waals surface area (Å²) in [6.07, 6.45) is 4.29. The van der Waals surface area contributed by atoms with E-state index >= 15 is 0 Å². The molecule has 0 radical (unpaired) electrons. The van der Waals surface area contributed by atoms with Crippen LogP contribution in [0.25, 0.3) is 0 Å². The van der Waals surface area contributed by atoms with E-state index in [2.05, 4.69) is 31.2 Å². The van der Waals surface area contributed by atoms with E-state index in [1.54, 1.807) is 7.05 Å². The average molecular weight is 363 g/mol. The predicted octanol–water partition coefficient (Wildman–Crippen LogP) is 2.26. The Labute approximate surface area is 136 Å². The SMILES string of the molecule is Cc1cc(Br)ccc1NC(=O)CN(C)C(=O)c1cnccn1. The highest BCUT2D eigenvalue weighted by Gasteiger charge is 2.16. The first kappa shape index (κ1) is 16.1. The van der Waals surface area contributed by atoms with Gasteiger partial charge in [-0.05, 0) is 30.7 Å². The van der Waals surface area contributed by atoms with Crippen LogP contribution in [-0.4, -0.2) is 40.3 Å². The van der Waals surface area contributed by atoms with Crippen molar-refractivity contribution >= 4 is 33.4 Å². The lowest BCUT2D eigenvalue weighted by atomic mass is 10.2. The van der Waals surface area contributed by atoms with E-state index in [0.717, 1.165) is 10.0 Å². The molecule has 0 bridgehead atoms. The van der Waals surface area contributed by atoms with Crippen LogP contribution in [0.3, 0.4) is 0 Å². The Kier molecular flexibility index (Phi) is 5.21. The van der Waals surface area contributed by atoms with Gasteiger partial charge in [0.25, 0.3) is 5.91 Å². The van der Waals surface area contributed by atoms with Gasteiger partial charge < -0.3 is 10.2 Å². The highest BCUT2D eigenvalue weighted by molar-refractivity contribution is 9.10. The van der Waals surface area contributed by atoms with E-state index in [1.807, 2.05) is 25.1 Å². The summed E-state index contributed by atoms with van der Waals surface area (Å²) in [5, 5.41) is 2.78. The number of benzene rings is 1. The Morgan fingerprint density at radius 2 is 2.09 bits per heavy atom. The second kappa shape index (κ2) is 7.13. The standard InChI is InChI=1S/C15H15BrN4O2/c1-10-7-11(16)3-4-12(10)19-14(21)9-20(2)15(22)13-8-17-5-6-18-13/h3-8H,9H2,1-2H3,(H,19,21). The van der Waals surface area contributed by atoms with Crippen molar-refractivity contribution in [2.24, 2.45) is 0 Å². The molecule has 1 N–H and O–H groups in total. The summed E-state index contributed by atoms with van der Waals surface area (Å²) in [5.41, 5.74) is 1.86. The fraction of sp³-hybridized carbons (Fsp3) is 0.200. The molecule has 0 fully saturated rings. The van der Waals surface area contributed by atoms with Crippen LogP contribution in [0.4, 0.5) is 5.69 Å². The van der Waals surface area contributed by atoms with Crippen LogP contribution in [0.5, 0.6) is 0 Å². The predicted molar refractivity (Wildman–Crippen MR) is 86.5 cm³/mol. The molecule has 7 heteroatoms. The van der Waals surface area contributed by atoms with Crippen LogP contribution in [0, 0.1) is 6.92 Å². The highest BCUT2D eigenvalue weighted by Crippen LogP contribution is 2.19. The quantitative estimate of drug-likeness (QED) is 0.904. The number of anilines is 1. The van der Waals surface area contributed by atoms with Crippen molar-refractivity contribution in [1.82, 2.24) is 14.9 Å². The van der Waals surface area contributed by atoms with Crippen molar-refractivity contribution in [3.63, 3.8) is 0 Å². The third-order valence-corrected chi connectivity index (χ3v) is 3.47. The Bertz CT molecular complexity index is 691. The lowest BCUT2D eigenvalue weighted by Gasteiger charge is -2.16. The average Bonchev–Trinajstić information content (AvgIpc) is 2.50. The van der Waals surface area contributed by atoms with Crippen molar-refractivity contribution in [1.29, 1.82) is 0 Å². The highest BCUT2D eigenvalue weighted by atomic mass is 79.9. The van der Waals surface area contributed by atoms with Gasteiger partial charge in [-0.2, -0.15) is 0 Å². The van der Waals surface area contributed by atoms with Crippen LogP contribution >= 0.6 is 15.9 Å². The maximum absolute atomic E-state index is 12.1. The lowest BCUT2D eigenvalue weighted by Crippen LogP contribution is -2.35. The summed E-state index contributed by atoms with van der Waals surface area (Å²) in [6.45, 7) is 1.83. The number of hydrogen-bond donors (Lipinski definition) is 1. The third-order valence-electron chi connectivity index (χ3n) is 2.97. The molecule has 6 nitrogen and oxygen atoms in total. The minimum Gasteiger partial charge on any atom is -0.331 e. The van der Waals surface area contributed by atoms with Gasteiger partial charge in [0.2, 0.25) is 5.91 Å². The minimum absolute atomic E-state index is 0.0646. The molecule has 0 aliphatic rings. The number of carbonyl (C=O) groups is 2. The van der Waals surface area contributed by atoms with Gasteiger partial charge in [-0.1, -0.05) is 15.9 Å². The van der Waals surface area contributed by atoms with Crippen LogP contribution in [0.2, 0.25) is 0 Å². The monoisotopic (exact) mass is 362 g/mol. The lowest BCUT2D eigenvalue weighted by molar-refractivity contribution is -0.116. The number of rotatable bonds is 4. The van der Waals surface area contributed by atoms with Gasteiger partial charge in [0.05, 0.1) is 12.7 Å². The maximum atomic E-state index is 12.1. The summed E-state index contributed by atoms with van der Waals surface area (Å²) in [6, 6.07) is 5.56. The third kappa shape index (κ3) is 4.11. The maximum Gasteiger partial charge on any atom is 0.274 e. The van der Waals surface area contributed by atoms with Crippen molar-refractivity contribution in [2.75, 3.05) is 18.9 Å². The van der Waals surface area contributed by atoms with E-state index in [9.17, 15) is 9.59 Å². The summed E-state index contributed by atoms with van der Waals surface area (Å²) in [7, 11) is 1.55.